The number of esters is 2. The van der Waals surface area contributed by atoms with Crippen LogP contribution in [0.5, 0.6) is 0 Å². The number of nitrogens with zero attached hydrogens (tertiary/aromatic N) is 1. The van der Waals surface area contributed by atoms with Gasteiger partial charge in [-0.05, 0) is 12.1 Å². The Hall–Kier alpha value is -3.39. The van der Waals surface area contributed by atoms with Crippen LogP contribution in [0.1, 0.15) is 27.1 Å². The van der Waals surface area contributed by atoms with E-state index in [1.165, 1.54) is 19.2 Å². The number of carbonyl (C=O) groups is 4. The minimum absolute atomic E-state index is 0. The normalized spacial score (nSPS) is 13.1. The molecule has 0 aliphatic carbocycles. The summed E-state index contributed by atoms with van der Waals surface area (Å²) in [5.74, 6) is -2.64. The van der Waals surface area contributed by atoms with Crippen LogP contribution in [-0.2, 0) is 36.1 Å². The molecule has 8 nitrogen and oxygen atoms in total. The van der Waals surface area contributed by atoms with Crippen molar-refractivity contribution in [1.82, 2.24) is 4.90 Å². The summed E-state index contributed by atoms with van der Waals surface area (Å²) >= 11 is 0. The number of amides is 2. The number of ether oxygens (including phenoxy) is 2. The third kappa shape index (κ3) is 7.05. The molecule has 0 spiro atoms. The second kappa shape index (κ2) is 14.1. The van der Waals surface area contributed by atoms with Crippen molar-refractivity contribution in [3.63, 3.8) is 0 Å². The van der Waals surface area contributed by atoms with E-state index >= 15 is 0 Å². The van der Waals surface area contributed by atoms with E-state index < -0.39 is 35.8 Å². The monoisotopic (exact) mass is 540 g/mol. The van der Waals surface area contributed by atoms with Crippen LogP contribution < -0.4 is 5.32 Å². The number of carbonyl (C=O) groups excluding carboxylic acids is 4. The fourth-order valence-electron chi connectivity index (χ4n) is 3.51. The van der Waals surface area contributed by atoms with Gasteiger partial charge in [0.15, 0.2) is 0 Å². The maximum Gasteiger partial charge on any atom is 2.00 e. The molecule has 1 aliphatic rings. The second-order valence-corrected chi connectivity index (χ2v) is 7.16. The third-order valence-corrected chi connectivity index (χ3v) is 5.11. The summed E-state index contributed by atoms with van der Waals surface area (Å²) in [7, 11) is 2.38. The minimum atomic E-state index is -1.29. The van der Waals surface area contributed by atoms with E-state index in [-0.39, 0.29) is 47.0 Å². The number of hydrogen-bond donors (Lipinski definition) is 1. The number of anilines is 1. The van der Waals surface area contributed by atoms with Crippen LogP contribution in [0, 0.1) is 0 Å². The molecule has 0 saturated carbocycles. The van der Waals surface area contributed by atoms with E-state index in [0.717, 1.165) is 12.0 Å². The molecule has 2 unspecified atom stereocenters. The van der Waals surface area contributed by atoms with Gasteiger partial charge in [0.2, 0.25) is 0 Å². The molecular weight excluding hydrogens is 516 g/mol. The number of nitrogens with one attached hydrogen (secondary N) is 1. The Bertz CT molecular complexity index is 1050. The molecular formula is C25H25ClFeN2O6. The first-order valence-electron chi connectivity index (χ1n) is 10.3. The molecule has 1 heterocycles. The summed E-state index contributed by atoms with van der Waals surface area (Å²) in [5, 5.41) is 2.96. The van der Waals surface area contributed by atoms with Crippen LogP contribution in [0.15, 0.2) is 78.9 Å². The first-order valence-corrected chi connectivity index (χ1v) is 10.3. The Balaban J connectivity index is 0.000000779. The summed E-state index contributed by atoms with van der Waals surface area (Å²) in [4.78, 5) is 51.1. The summed E-state index contributed by atoms with van der Waals surface area (Å²) in [6, 6.07) is 21.1. The van der Waals surface area contributed by atoms with Gasteiger partial charge in [0.25, 0.3) is 11.8 Å². The molecule has 3 aromatic carbocycles. The second-order valence-electron chi connectivity index (χ2n) is 7.16. The number of benzene rings is 1. The molecule has 35 heavy (non-hydrogen) atoms. The third-order valence-electron chi connectivity index (χ3n) is 5.11. The molecule has 2 amide bonds. The van der Waals surface area contributed by atoms with Gasteiger partial charge in [-0.1, -0.05) is 12.1 Å². The predicted octanol–water partition coefficient (Wildman–Crippen LogP) is 3.41. The standard InChI is InChI=1S/C20H19N2O6.C5H5.ClH.Fe/c1-27-19(25)15(21-12-7-3-4-8-12)11-16(20(26)28-2)22-17(23)13-9-5-6-10-14(13)18(22)24;1-2-4-5-3-1;;/h3-10,15-16,21H,11H2,1-2H3;1-5H;1H;/q2*-1;;+2. The van der Waals surface area contributed by atoms with Crippen LogP contribution in [-0.4, -0.2) is 55.0 Å². The number of fused-ring (bicyclic) bond motifs is 1. The fraction of sp³-hybridized carbons (Fsp3) is 0.200. The predicted molar refractivity (Wildman–Crippen MR) is 128 cm³/mol. The van der Waals surface area contributed by atoms with E-state index in [1.54, 1.807) is 36.4 Å². The Morgan fingerprint density at radius 1 is 0.886 bits per heavy atom. The van der Waals surface area contributed by atoms with Gasteiger partial charge in [0, 0.05) is 6.42 Å². The molecule has 186 valence electrons. The van der Waals surface area contributed by atoms with Crippen LogP contribution in [0.4, 0.5) is 5.69 Å². The molecule has 3 aromatic rings. The van der Waals surface area contributed by atoms with E-state index in [9.17, 15) is 19.2 Å². The molecule has 0 saturated heterocycles. The molecule has 0 aromatic heterocycles. The number of hydrogen-bond acceptors (Lipinski definition) is 7. The van der Waals surface area contributed by atoms with Gasteiger partial charge in [-0.25, -0.2) is 21.7 Å². The number of halogens is 1. The average molecular weight is 541 g/mol. The fourth-order valence-corrected chi connectivity index (χ4v) is 3.51. The zero-order valence-corrected chi connectivity index (χ0v) is 20.9. The SMILES string of the molecule is COC(=O)C(CC(C(=O)OC)N1C(=O)c2ccccc2C1=O)Nc1cc[cH-]c1.Cl.[Fe+2].c1cc[cH-]c1. The molecule has 4 rings (SSSR count). The molecule has 1 aliphatic heterocycles. The Kier molecular flexibility index (Phi) is 12.0. The van der Waals surface area contributed by atoms with Crippen molar-refractivity contribution < 1.29 is 45.7 Å². The number of imide groups is 1. The van der Waals surface area contributed by atoms with Crippen molar-refractivity contribution in [3.8, 4) is 0 Å². The molecule has 0 fully saturated rings. The van der Waals surface area contributed by atoms with Crippen molar-refractivity contribution >= 4 is 41.8 Å². The van der Waals surface area contributed by atoms with E-state index in [2.05, 4.69) is 5.32 Å². The maximum absolute atomic E-state index is 12.8. The van der Waals surface area contributed by atoms with Gasteiger partial charge in [-0.2, -0.15) is 42.5 Å². The molecule has 10 heteroatoms. The summed E-state index contributed by atoms with van der Waals surface area (Å²) in [6.45, 7) is 0. The molecule has 0 bridgehead atoms. The van der Waals surface area contributed by atoms with Crippen LogP contribution in [0.3, 0.4) is 0 Å². The van der Waals surface area contributed by atoms with Crippen molar-refractivity contribution in [2.45, 2.75) is 18.5 Å². The Morgan fingerprint density at radius 2 is 1.46 bits per heavy atom. The van der Waals surface area contributed by atoms with Gasteiger partial charge in [-0.15, -0.1) is 18.1 Å². The number of methoxy groups -OCH3 is 2. The van der Waals surface area contributed by atoms with Crippen molar-refractivity contribution in [1.29, 1.82) is 0 Å². The quantitative estimate of drug-likeness (QED) is 0.212. The van der Waals surface area contributed by atoms with Gasteiger partial charge >= 0.3 is 29.0 Å². The van der Waals surface area contributed by atoms with E-state index in [1.807, 2.05) is 30.3 Å². The van der Waals surface area contributed by atoms with Crippen molar-refractivity contribution in [2.75, 3.05) is 19.5 Å². The van der Waals surface area contributed by atoms with Crippen molar-refractivity contribution in [3.05, 3.63) is 90.0 Å². The zero-order chi connectivity index (χ0) is 23.8. The van der Waals surface area contributed by atoms with Crippen LogP contribution in [0.2, 0.25) is 0 Å². The molecule has 2 atom stereocenters. The van der Waals surface area contributed by atoms with Crippen molar-refractivity contribution in [2.24, 2.45) is 0 Å². The van der Waals surface area contributed by atoms with Gasteiger partial charge in [0.1, 0.15) is 12.1 Å². The number of rotatable bonds is 7. The summed E-state index contributed by atoms with van der Waals surface area (Å²) < 4.78 is 9.62. The molecule has 1 N–H and O–H groups in total. The maximum atomic E-state index is 12.8. The summed E-state index contributed by atoms with van der Waals surface area (Å²) in [6.07, 6.45) is -0.198. The molecule has 0 radical (unpaired) electrons. The topological polar surface area (TPSA) is 102 Å². The van der Waals surface area contributed by atoms with Crippen LogP contribution in [0.25, 0.3) is 0 Å². The average Bonchev–Trinajstić information content (AvgIpc) is 3.61. The first-order chi connectivity index (χ1) is 16.0. The van der Waals surface area contributed by atoms with Gasteiger partial charge < -0.3 is 14.8 Å². The smallest absolute Gasteiger partial charge is 0.468 e. The Labute approximate surface area is 220 Å². The summed E-state index contributed by atoms with van der Waals surface area (Å²) in [5.41, 5.74) is 1.06. The van der Waals surface area contributed by atoms with Gasteiger partial charge in [-0.3, -0.25) is 14.5 Å². The largest absolute Gasteiger partial charge is 2.00 e. The zero-order valence-electron chi connectivity index (χ0n) is 19.0. The first kappa shape index (κ1) is 29.6. The van der Waals surface area contributed by atoms with E-state index in [4.69, 9.17) is 9.47 Å². The van der Waals surface area contributed by atoms with Gasteiger partial charge in [0.05, 0.1) is 25.3 Å². The van der Waals surface area contributed by atoms with Crippen LogP contribution >= 0.6 is 12.4 Å². The van der Waals surface area contributed by atoms with E-state index in [0.29, 0.717) is 5.69 Å². The minimum Gasteiger partial charge on any atom is -0.468 e. The Morgan fingerprint density at radius 3 is 1.89 bits per heavy atom.